The van der Waals surface area contributed by atoms with Crippen LogP contribution in [0.2, 0.25) is 0 Å². The van der Waals surface area contributed by atoms with Gasteiger partial charge in [-0.3, -0.25) is 25.0 Å². The molecule has 8 heteroatoms. The van der Waals surface area contributed by atoms with Crippen molar-refractivity contribution in [2.75, 3.05) is 0 Å². The van der Waals surface area contributed by atoms with Gasteiger partial charge in [0.05, 0.1) is 27.7 Å². The second-order valence-electron chi connectivity index (χ2n) is 5.45. The maximum absolute atomic E-state index is 12.3. The quantitative estimate of drug-likeness (QED) is 0.588. The van der Waals surface area contributed by atoms with Gasteiger partial charge in [-0.05, 0) is 32.9 Å². The summed E-state index contributed by atoms with van der Waals surface area (Å²) in [6.07, 6.45) is 0. The second kappa shape index (κ2) is 5.73. The number of aromatic nitrogens is 4. The molecule has 122 valence electrons. The number of benzene rings is 1. The summed E-state index contributed by atoms with van der Waals surface area (Å²) < 4.78 is 1.32. The molecule has 0 amide bonds. The van der Waals surface area contributed by atoms with E-state index in [0.717, 1.165) is 11.4 Å². The van der Waals surface area contributed by atoms with Crippen LogP contribution in [0.4, 0.5) is 5.69 Å². The van der Waals surface area contributed by atoms with E-state index in [1.807, 2.05) is 13.8 Å². The molecule has 0 aliphatic heterocycles. The Kier molecular flexibility index (Phi) is 3.72. The molecule has 0 fully saturated rings. The maximum atomic E-state index is 12.3. The number of aryl methyl sites for hydroxylation is 3. The van der Waals surface area contributed by atoms with Gasteiger partial charge in [0.1, 0.15) is 0 Å². The van der Waals surface area contributed by atoms with Crippen LogP contribution in [0.1, 0.15) is 17.1 Å². The summed E-state index contributed by atoms with van der Waals surface area (Å²) in [5.41, 5.74) is 3.14. The van der Waals surface area contributed by atoms with Crippen molar-refractivity contribution in [3.05, 3.63) is 67.9 Å². The van der Waals surface area contributed by atoms with Crippen molar-refractivity contribution < 1.29 is 4.92 Å². The van der Waals surface area contributed by atoms with Crippen LogP contribution < -0.4 is 5.56 Å². The van der Waals surface area contributed by atoms with Gasteiger partial charge in [0, 0.05) is 23.8 Å². The van der Waals surface area contributed by atoms with E-state index in [9.17, 15) is 14.9 Å². The predicted octanol–water partition coefficient (Wildman–Crippen LogP) is 2.46. The molecule has 0 saturated heterocycles. The molecule has 1 N–H and O–H groups in total. The minimum Gasteiger partial charge on any atom is -0.289 e. The zero-order valence-corrected chi connectivity index (χ0v) is 13.4. The number of nitrogens with zero attached hydrogens (tertiary/aromatic N) is 4. The van der Waals surface area contributed by atoms with E-state index in [0.29, 0.717) is 22.8 Å². The van der Waals surface area contributed by atoms with E-state index in [-0.39, 0.29) is 11.2 Å². The monoisotopic (exact) mass is 325 g/mol. The third kappa shape index (κ3) is 2.69. The Labute approximate surface area is 137 Å². The Morgan fingerprint density at radius 2 is 1.67 bits per heavy atom. The van der Waals surface area contributed by atoms with E-state index in [2.05, 4.69) is 15.1 Å². The average Bonchev–Trinajstić information content (AvgIpc) is 2.92. The van der Waals surface area contributed by atoms with Crippen LogP contribution in [0.25, 0.3) is 17.1 Å². The summed E-state index contributed by atoms with van der Waals surface area (Å²) >= 11 is 0. The summed E-state index contributed by atoms with van der Waals surface area (Å²) in [4.78, 5) is 31.4. The third-order valence-electron chi connectivity index (χ3n) is 3.78. The molecule has 3 aromatic rings. The van der Waals surface area contributed by atoms with Gasteiger partial charge < -0.3 is 0 Å². The van der Waals surface area contributed by atoms with Gasteiger partial charge in [0.2, 0.25) is 0 Å². The Hall–Kier alpha value is -3.29. The molecule has 0 bridgehead atoms. The van der Waals surface area contributed by atoms with Crippen molar-refractivity contribution in [1.29, 1.82) is 0 Å². The number of aromatic amines is 1. The van der Waals surface area contributed by atoms with Crippen LogP contribution in [0, 0.1) is 30.9 Å². The number of non-ortho nitro benzene ring substituents is 1. The second-order valence-corrected chi connectivity index (χ2v) is 5.45. The molecule has 0 aliphatic rings. The molecule has 0 aliphatic carbocycles. The van der Waals surface area contributed by atoms with E-state index >= 15 is 0 Å². The molecular weight excluding hydrogens is 310 g/mol. The average molecular weight is 325 g/mol. The summed E-state index contributed by atoms with van der Waals surface area (Å²) in [6, 6.07) is 7.40. The molecule has 0 saturated carbocycles. The van der Waals surface area contributed by atoms with Crippen LogP contribution in [-0.4, -0.2) is 24.7 Å². The molecule has 0 atom stereocenters. The van der Waals surface area contributed by atoms with Crippen LogP contribution in [0.15, 0.2) is 35.1 Å². The summed E-state index contributed by atoms with van der Waals surface area (Å²) in [5, 5.41) is 13.7. The van der Waals surface area contributed by atoms with Crippen LogP contribution in [-0.2, 0) is 0 Å². The van der Waals surface area contributed by atoms with Crippen LogP contribution in [0.5, 0.6) is 0 Å². The lowest BCUT2D eigenvalue weighted by atomic mass is 10.1. The highest BCUT2D eigenvalue weighted by atomic mass is 16.6. The van der Waals surface area contributed by atoms with E-state index < -0.39 is 4.92 Å². The number of nitro benzene ring substituents is 1. The number of hydrogen-bond acceptors (Lipinski definition) is 5. The maximum Gasteiger partial charge on any atom is 0.273 e. The van der Waals surface area contributed by atoms with Gasteiger partial charge in [0.25, 0.3) is 11.2 Å². The van der Waals surface area contributed by atoms with Crippen LogP contribution >= 0.6 is 0 Å². The number of rotatable bonds is 3. The molecular formula is C16H15N5O3. The molecule has 2 heterocycles. The van der Waals surface area contributed by atoms with E-state index in [4.69, 9.17) is 0 Å². The van der Waals surface area contributed by atoms with Gasteiger partial charge in [-0.1, -0.05) is 0 Å². The number of H-pyrrole nitrogens is 1. The highest BCUT2D eigenvalue weighted by Crippen LogP contribution is 2.20. The SMILES string of the molecule is Cc1nc(C)c(-n2[nH]c(-c3ccc([N+](=O)[O-])cc3)cc2=O)nc1C. The normalized spacial score (nSPS) is 10.8. The van der Waals surface area contributed by atoms with Gasteiger partial charge in [-0.25, -0.2) is 4.98 Å². The fraction of sp³-hybridized carbons (Fsp3) is 0.188. The minimum absolute atomic E-state index is 0.00333. The topological polar surface area (TPSA) is 107 Å². The highest BCUT2D eigenvalue weighted by molar-refractivity contribution is 5.60. The molecule has 8 nitrogen and oxygen atoms in total. The number of nitrogens with one attached hydrogen (secondary N) is 1. The molecule has 0 radical (unpaired) electrons. The lowest BCUT2D eigenvalue weighted by Gasteiger charge is -2.08. The van der Waals surface area contributed by atoms with Crippen molar-refractivity contribution in [2.24, 2.45) is 0 Å². The molecule has 0 spiro atoms. The third-order valence-corrected chi connectivity index (χ3v) is 3.78. The highest BCUT2D eigenvalue weighted by Gasteiger charge is 2.13. The van der Waals surface area contributed by atoms with E-state index in [1.165, 1.54) is 22.9 Å². The zero-order chi connectivity index (χ0) is 17.4. The van der Waals surface area contributed by atoms with Gasteiger partial charge >= 0.3 is 0 Å². The molecule has 1 aromatic carbocycles. The first-order chi connectivity index (χ1) is 11.4. The molecule has 3 rings (SSSR count). The smallest absolute Gasteiger partial charge is 0.273 e. The number of hydrogen-bond donors (Lipinski definition) is 1. The fourth-order valence-corrected chi connectivity index (χ4v) is 2.38. The molecule has 24 heavy (non-hydrogen) atoms. The lowest BCUT2D eigenvalue weighted by molar-refractivity contribution is -0.384. The molecule has 0 unspecified atom stereocenters. The first-order valence-corrected chi connectivity index (χ1v) is 7.26. The Morgan fingerprint density at radius 1 is 1.04 bits per heavy atom. The first kappa shape index (κ1) is 15.6. The summed E-state index contributed by atoms with van der Waals surface area (Å²) in [5.74, 6) is 0.441. The lowest BCUT2D eigenvalue weighted by Crippen LogP contribution is -2.18. The van der Waals surface area contributed by atoms with Crippen molar-refractivity contribution in [1.82, 2.24) is 19.7 Å². The Bertz CT molecular complexity index is 986. The Morgan fingerprint density at radius 3 is 2.29 bits per heavy atom. The first-order valence-electron chi connectivity index (χ1n) is 7.26. The number of nitro groups is 1. The standard InChI is InChI=1S/C16H15N5O3/c1-9-10(2)18-16(11(3)17-9)20-15(22)8-14(19-20)12-4-6-13(7-5-12)21(23)24/h4-8,19H,1-3H3. The molecule has 2 aromatic heterocycles. The Balaban J connectivity index is 2.06. The van der Waals surface area contributed by atoms with Gasteiger partial charge in [-0.15, -0.1) is 0 Å². The van der Waals surface area contributed by atoms with Crippen molar-refractivity contribution in [3.8, 4) is 17.1 Å². The largest absolute Gasteiger partial charge is 0.289 e. The fourth-order valence-electron chi connectivity index (χ4n) is 2.38. The van der Waals surface area contributed by atoms with Crippen LogP contribution in [0.3, 0.4) is 0 Å². The van der Waals surface area contributed by atoms with Crippen molar-refractivity contribution in [3.63, 3.8) is 0 Å². The van der Waals surface area contributed by atoms with Gasteiger partial charge in [-0.2, -0.15) is 4.68 Å². The summed E-state index contributed by atoms with van der Waals surface area (Å²) in [7, 11) is 0. The minimum atomic E-state index is -0.467. The van der Waals surface area contributed by atoms with E-state index in [1.54, 1.807) is 19.1 Å². The van der Waals surface area contributed by atoms with Crippen molar-refractivity contribution in [2.45, 2.75) is 20.8 Å². The zero-order valence-electron chi connectivity index (χ0n) is 13.4. The predicted molar refractivity (Wildman–Crippen MR) is 88.3 cm³/mol. The van der Waals surface area contributed by atoms with Gasteiger partial charge in [0.15, 0.2) is 5.82 Å². The van der Waals surface area contributed by atoms with Crippen molar-refractivity contribution >= 4 is 5.69 Å². The summed E-state index contributed by atoms with van der Waals surface area (Å²) in [6.45, 7) is 5.48.